The summed E-state index contributed by atoms with van der Waals surface area (Å²) in [7, 11) is 0. The van der Waals surface area contributed by atoms with Gasteiger partial charge in [0.2, 0.25) is 0 Å². The molecule has 1 heterocycles. The van der Waals surface area contributed by atoms with E-state index in [4.69, 9.17) is 0 Å². The lowest BCUT2D eigenvalue weighted by molar-refractivity contribution is 0.0229. The fourth-order valence-corrected chi connectivity index (χ4v) is 4.69. The molecule has 4 unspecified atom stereocenters. The third-order valence-corrected chi connectivity index (χ3v) is 5.85. The van der Waals surface area contributed by atoms with Crippen molar-refractivity contribution in [1.82, 2.24) is 5.32 Å². The topological polar surface area (TPSA) is 12.0 Å². The summed E-state index contributed by atoms with van der Waals surface area (Å²) in [6, 6.07) is 11.2. The minimum absolute atomic E-state index is 0.555. The molecule has 1 heteroatoms. The van der Waals surface area contributed by atoms with E-state index in [0.717, 1.165) is 11.8 Å². The summed E-state index contributed by atoms with van der Waals surface area (Å²) in [6.45, 7) is 7.32. The van der Waals surface area contributed by atoms with Crippen LogP contribution in [-0.4, -0.2) is 13.1 Å². The maximum absolute atomic E-state index is 3.64. The van der Waals surface area contributed by atoms with Gasteiger partial charge in [0, 0.05) is 12.5 Å². The zero-order chi connectivity index (χ0) is 13.3. The van der Waals surface area contributed by atoms with E-state index in [9.17, 15) is 0 Å². The molecule has 1 aliphatic heterocycles. The fraction of sp³-hybridized carbons (Fsp3) is 0.667. The zero-order valence-corrected chi connectivity index (χ0v) is 12.4. The minimum atomic E-state index is 0.555. The van der Waals surface area contributed by atoms with E-state index < -0.39 is 0 Å². The van der Waals surface area contributed by atoms with Crippen molar-refractivity contribution in [1.29, 1.82) is 0 Å². The predicted molar refractivity (Wildman–Crippen MR) is 81.3 cm³/mol. The Morgan fingerprint density at radius 2 is 1.89 bits per heavy atom. The number of piperidine rings is 1. The molecule has 1 aromatic carbocycles. The Labute approximate surface area is 117 Å². The molecule has 104 valence electrons. The molecule has 4 atom stereocenters. The molecule has 0 aromatic heterocycles. The van der Waals surface area contributed by atoms with Crippen LogP contribution in [0.4, 0.5) is 0 Å². The number of benzene rings is 1. The zero-order valence-electron chi connectivity index (χ0n) is 12.4. The van der Waals surface area contributed by atoms with Gasteiger partial charge in [-0.05, 0) is 48.6 Å². The Hall–Kier alpha value is -0.820. The number of hydrogen-bond acceptors (Lipinski definition) is 1. The second-order valence-corrected chi connectivity index (χ2v) is 6.93. The van der Waals surface area contributed by atoms with Crippen LogP contribution in [0.25, 0.3) is 0 Å². The fourth-order valence-electron chi connectivity index (χ4n) is 4.69. The Morgan fingerprint density at radius 3 is 2.63 bits per heavy atom. The Bertz CT molecular complexity index is 413. The molecule has 1 spiro atoms. The molecule has 0 amide bonds. The van der Waals surface area contributed by atoms with Gasteiger partial charge in [0.1, 0.15) is 0 Å². The van der Waals surface area contributed by atoms with Crippen molar-refractivity contribution in [2.24, 2.45) is 17.3 Å². The van der Waals surface area contributed by atoms with Crippen LogP contribution < -0.4 is 5.32 Å². The highest BCUT2D eigenvalue weighted by Crippen LogP contribution is 2.55. The van der Waals surface area contributed by atoms with Crippen molar-refractivity contribution in [2.75, 3.05) is 13.1 Å². The number of nitrogens with one attached hydrogen (secondary N) is 1. The molecule has 0 bridgehead atoms. The van der Waals surface area contributed by atoms with Crippen LogP contribution in [0.5, 0.6) is 0 Å². The van der Waals surface area contributed by atoms with Crippen molar-refractivity contribution in [2.45, 2.75) is 45.4 Å². The van der Waals surface area contributed by atoms with Crippen LogP contribution in [0.3, 0.4) is 0 Å². The highest BCUT2D eigenvalue weighted by molar-refractivity contribution is 5.24. The van der Waals surface area contributed by atoms with Gasteiger partial charge in [-0.2, -0.15) is 0 Å². The van der Waals surface area contributed by atoms with Crippen LogP contribution in [0.2, 0.25) is 0 Å². The summed E-state index contributed by atoms with van der Waals surface area (Å²) < 4.78 is 0. The Balaban J connectivity index is 1.92. The Kier molecular flexibility index (Phi) is 3.66. The summed E-state index contributed by atoms with van der Waals surface area (Å²) in [5.41, 5.74) is 2.11. The lowest BCUT2D eigenvalue weighted by Gasteiger charge is -2.52. The molecular weight excluding hydrogens is 230 g/mol. The summed E-state index contributed by atoms with van der Waals surface area (Å²) >= 11 is 0. The van der Waals surface area contributed by atoms with E-state index in [0.29, 0.717) is 11.3 Å². The number of hydrogen-bond donors (Lipinski definition) is 1. The van der Waals surface area contributed by atoms with Crippen LogP contribution in [0.15, 0.2) is 30.3 Å². The third-order valence-electron chi connectivity index (χ3n) is 5.85. The highest BCUT2D eigenvalue weighted by atomic mass is 14.9. The van der Waals surface area contributed by atoms with Gasteiger partial charge in [-0.15, -0.1) is 0 Å². The first-order chi connectivity index (χ1) is 9.22. The molecule has 1 saturated heterocycles. The maximum Gasteiger partial charge on any atom is 0.00256 e. The maximum atomic E-state index is 3.64. The number of rotatable bonds is 1. The van der Waals surface area contributed by atoms with E-state index in [1.54, 1.807) is 5.56 Å². The first-order valence-corrected chi connectivity index (χ1v) is 7.98. The van der Waals surface area contributed by atoms with Gasteiger partial charge >= 0.3 is 0 Å². The molecule has 0 radical (unpaired) electrons. The summed E-state index contributed by atoms with van der Waals surface area (Å²) in [5, 5.41) is 3.64. The monoisotopic (exact) mass is 257 g/mol. The molecule has 2 fully saturated rings. The molecule has 2 aliphatic rings. The van der Waals surface area contributed by atoms with Crippen molar-refractivity contribution < 1.29 is 0 Å². The lowest BCUT2D eigenvalue weighted by atomic mass is 9.54. The van der Waals surface area contributed by atoms with Gasteiger partial charge in [-0.25, -0.2) is 0 Å². The van der Waals surface area contributed by atoms with Gasteiger partial charge in [0.25, 0.3) is 0 Å². The van der Waals surface area contributed by atoms with Crippen LogP contribution in [-0.2, 0) is 0 Å². The lowest BCUT2D eigenvalue weighted by Crippen LogP contribution is -2.49. The first kappa shape index (κ1) is 13.2. The summed E-state index contributed by atoms with van der Waals surface area (Å²) in [4.78, 5) is 0. The van der Waals surface area contributed by atoms with Crippen molar-refractivity contribution in [3.05, 3.63) is 35.9 Å². The van der Waals surface area contributed by atoms with Crippen LogP contribution >= 0.6 is 0 Å². The second-order valence-electron chi connectivity index (χ2n) is 6.93. The largest absolute Gasteiger partial charge is 0.316 e. The quantitative estimate of drug-likeness (QED) is 0.795. The molecule has 1 saturated carbocycles. The van der Waals surface area contributed by atoms with Crippen LogP contribution in [0.1, 0.15) is 51.0 Å². The average molecular weight is 257 g/mol. The first-order valence-electron chi connectivity index (χ1n) is 7.98. The molecule has 1 aliphatic carbocycles. The van der Waals surface area contributed by atoms with Crippen molar-refractivity contribution >= 4 is 0 Å². The predicted octanol–water partition coefficient (Wildman–Crippen LogP) is 4.21. The molecule has 1 aromatic rings. The smallest absolute Gasteiger partial charge is 0.00256 e. The van der Waals surface area contributed by atoms with E-state index >= 15 is 0 Å². The van der Waals surface area contributed by atoms with Crippen molar-refractivity contribution in [3.63, 3.8) is 0 Å². The molecule has 3 rings (SSSR count). The van der Waals surface area contributed by atoms with E-state index in [1.165, 1.54) is 38.8 Å². The SMILES string of the molecule is CC1CCC2(CCNCC2c2ccccc2)C(C)C1. The summed E-state index contributed by atoms with van der Waals surface area (Å²) in [5.74, 6) is 2.50. The minimum Gasteiger partial charge on any atom is -0.316 e. The highest BCUT2D eigenvalue weighted by Gasteiger charge is 2.47. The van der Waals surface area contributed by atoms with E-state index in [1.807, 2.05) is 0 Å². The Morgan fingerprint density at radius 1 is 1.11 bits per heavy atom. The molecule has 1 nitrogen and oxygen atoms in total. The standard InChI is InChI=1S/C18H27N/c1-14-8-9-18(15(2)12-14)10-11-19-13-17(18)16-6-4-3-5-7-16/h3-7,14-15,17,19H,8-13H2,1-2H3. The normalized spacial score (nSPS) is 39.4. The van der Waals surface area contributed by atoms with E-state index in [2.05, 4.69) is 49.5 Å². The van der Waals surface area contributed by atoms with Gasteiger partial charge in [0.05, 0.1) is 0 Å². The van der Waals surface area contributed by atoms with Crippen LogP contribution in [0, 0.1) is 17.3 Å². The van der Waals surface area contributed by atoms with Gasteiger partial charge < -0.3 is 5.32 Å². The van der Waals surface area contributed by atoms with E-state index in [-0.39, 0.29) is 0 Å². The van der Waals surface area contributed by atoms with Crippen molar-refractivity contribution in [3.8, 4) is 0 Å². The molecule has 19 heavy (non-hydrogen) atoms. The molecular formula is C18H27N. The van der Waals surface area contributed by atoms with Gasteiger partial charge in [-0.1, -0.05) is 50.6 Å². The van der Waals surface area contributed by atoms with Gasteiger partial charge in [-0.3, -0.25) is 0 Å². The summed E-state index contributed by atoms with van der Waals surface area (Å²) in [6.07, 6.45) is 5.63. The second kappa shape index (κ2) is 5.28. The third kappa shape index (κ3) is 2.33. The molecule has 1 N–H and O–H groups in total. The van der Waals surface area contributed by atoms with Gasteiger partial charge in [0.15, 0.2) is 0 Å². The average Bonchev–Trinajstić information content (AvgIpc) is 2.45.